The van der Waals surface area contributed by atoms with Crippen LogP contribution in [-0.4, -0.2) is 24.3 Å². The van der Waals surface area contributed by atoms with E-state index in [0.717, 1.165) is 12.8 Å². The fourth-order valence-electron chi connectivity index (χ4n) is 2.03. The summed E-state index contributed by atoms with van der Waals surface area (Å²) in [6.45, 7) is 5.00. The van der Waals surface area contributed by atoms with E-state index >= 15 is 0 Å². The molecule has 0 aliphatic heterocycles. The molecule has 0 spiro atoms. The van der Waals surface area contributed by atoms with Gasteiger partial charge in [0.15, 0.2) is 0 Å². The highest BCUT2D eigenvalue weighted by Crippen LogP contribution is 2.15. The van der Waals surface area contributed by atoms with Crippen LogP contribution in [0, 0.1) is 6.92 Å². The molecule has 0 radical (unpaired) electrons. The Bertz CT molecular complexity index is 328. The predicted octanol–water partition coefficient (Wildman–Crippen LogP) is 1.75. The first-order valence-corrected chi connectivity index (χ1v) is 6.34. The molecule has 3 heteroatoms. The number of benzene rings is 1. The Balaban J connectivity index is 2.70. The van der Waals surface area contributed by atoms with E-state index in [2.05, 4.69) is 43.4 Å². The molecule has 2 atom stereocenters. The van der Waals surface area contributed by atoms with Gasteiger partial charge in [0.25, 0.3) is 0 Å². The average molecular weight is 236 g/mol. The van der Waals surface area contributed by atoms with Gasteiger partial charge in [-0.1, -0.05) is 36.8 Å². The van der Waals surface area contributed by atoms with Gasteiger partial charge in [0.2, 0.25) is 0 Å². The molecule has 4 N–H and O–H groups in total. The van der Waals surface area contributed by atoms with Crippen molar-refractivity contribution in [3.63, 3.8) is 0 Å². The number of hydrogen-bond acceptors (Lipinski definition) is 3. The van der Waals surface area contributed by atoms with E-state index in [-0.39, 0.29) is 12.6 Å². The maximum Gasteiger partial charge on any atom is 0.0446 e. The highest BCUT2D eigenvalue weighted by atomic mass is 16.3. The Labute approximate surface area is 104 Å². The summed E-state index contributed by atoms with van der Waals surface area (Å²) in [5.41, 5.74) is 8.30. The average Bonchev–Trinajstić information content (AvgIpc) is 2.34. The first-order valence-electron chi connectivity index (χ1n) is 6.34. The van der Waals surface area contributed by atoms with Gasteiger partial charge in [0.1, 0.15) is 0 Å². The van der Waals surface area contributed by atoms with E-state index in [9.17, 15) is 0 Å². The summed E-state index contributed by atoms with van der Waals surface area (Å²) in [5.74, 6) is 0. The molecule has 2 unspecified atom stereocenters. The van der Waals surface area contributed by atoms with Crippen molar-refractivity contribution in [2.45, 2.75) is 38.8 Å². The maximum atomic E-state index is 9.00. The monoisotopic (exact) mass is 236 g/mol. The lowest BCUT2D eigenvalue weighted by molar-refractivity contribution is 0.256. The van der Waals surface area contributed by atoms with Crippen LogP contribution in [0.2, 0.25) is 0 Å². The van der Waals surface area contributed by atoms with Crippen molar-refractivity contribution >= 4 is 0 Å². The summed E-state index contributed by atoms with van der Waals surface area (Å²) >= 11 is 0. The number of hydrogen-bond donors (Lipinski definition) is 3. The minimum absolute atomic E-state index is 0.173. The molecule has 0 saturated carbocycles. The van der Waals surface area contributed by atoms with E-state index in [1.807, 2.05) is 0 Å². The quantitative estimate of drug-likeness (QED) is 0.676. The van der Waals surface area contributed by atoms with Crippen LogP contribution in [0.15, 0.2) is 24.3 Å². The number of nitrogens with one attached hydrogen (secondary N) is 1. The third kappa shape index (κ3) is 4.46. The van der Waals surface area contributed by atoms with E-state index in [1.165, 1.54) is 11.1 Å². The molecule has 1 aromatic rings. The van der Waals surface area contributed by atoms with Crippen molar-refractivity contribution in [2.24, 2.45) is 5.73 Å². The van der Waals surface area contributed by atoms with Gasteiger partial charge in [0, 0.05) is 25.2 Å². The topological polar surface area (TPSA) is 58.3 Å². The first kappa shape index (κ1) is 14.2. The molecule has 96 valence electrons. The SMILES string of the molecule is CCC(CCO)NC(CN)c1cccc(C)c1. The van der Waals surface area contributed by atoms with Crippen LogP contribution in [0.1, 0.15) is 36.9 Å². The number of aryl methyl sites for hydroxylation is 1. The largest absolute Gasteiger partial charge is 0.396 e. The number of rotatable bonds is 7. The summed E-state index contributed by atoms with van der Waals surface area (Å²) < 4.78 is 0. The number of nitrogens with two attached hydrogens (primary N) is 1. The van der Waals surface area contributed by atoms with Crippen LogP contribution in [0.5, 0.6) is 0 Å². The summed E-state index contributed by atoms with van der Waals surface area (Å²) in [5, 5.41) is 12.5. The predicted molar refractivity (Wildman–Crippen MR) is 71.9 cm³/mol. The van der Waals surface area contributed by atoms with Crippen LogP contribution in [0.25, 0.3) is 0 Å². The van der Waals surface area contributed by atoms with Crippen molar-refractivity contribution in [3.05, 3.63) is 35.4 Å². The molecule has 17 heavy (non-hydrogen) atoms. The Morgan fingerprint density at radius 2 is 2.18 bits per heavy atom. The minimum Gasteiger partial charge on any atom is -0.396 e. The molecule has 1 rings (SSSR count). The van der Waals surface area contributed by atoms with E-state index in [4.69, 9.17) is 10.8 Å². The van der Waals surface area contributed by atoms with Gasteiger partial charge in [-0.3, -0.25) is 0 Å². The van der Waals surface area contributed by atoms with Crippen LogP contribution in [-0.2, 0) is 0 Å². The Hall–Kier alpha value is -0.900. The lowest BCUT2D eigenvalue weighted by Crippen LogP contribution is -2.37. The van der Waals surface area contributed by atoms with Gasteiger partial charge < -0.3 is 16.2 Å². The first-order chi connectivity index (χ1) is 8.21. The highest BCUT2D eigenvalue weighted by molar-refractivity contribution is 5.25. The number of aliphatic hydroxyl groups excluding tert-OH is 1. The van der Waals surface area contributed by atoms with Gasteiger partial charge in [-0.05, 0) is 25.3 Å². The van der Waals surface area contributed by atoms with Gasteiger partial charge in [-0.2, -0.15) is 0 Å². The molecule has 0 saturated heterocycles. The third-order valence-corrected chi connectivity index (χ3v) is 3.09. The summed E-state index contributed by atoms with van der Waals surface area (Å²) in [4.78, 5) is 0. The van der Waals surface area contributed by atoms with E-state index in [1.54, 1.807) is 0 Å². The lowest BCUT2D eigenvalue weighted by atomic mass is 10.0. The summed E-state index contributed by atoms with van der Waals surface area (Å²) in [6, 6.07) is 8.91. The number of aliphatic hydroxyl groups is 1. The van der Waals surface area contributed by atoms with Gasteiger partial charge in [-0.25, -0.2) is 0 Å². The summed E-state index contributed by atoms with van der Waals surface area (Å²) in [7, 11) is 0. The molecule has 0 amide bonds. The highest BCUT2D eigenvalue weighted by Gasteiger charge is 2.14. The fourth-order valence-corrected chi connectivity index (χ4v) is 2.03. The Kier molecular flexibility index (Phi) is 6.19. The Morgan fingerprint density at radius 3 is 2.71 bits per heavy atom. The van der Waals surface area contributed by atoms with Crippen LogP contribution in [0.3, 0.4) is 0 Å². The second-order valence-corrected chi connectivity index (χ2v) is 4.49. The maximum absolute atomic E-state index is 9.00. The zero-order valence-electron chi connectivity index (χ0n) is 10.8. The molecule has 0 aromatic heterocycles. The second kappa shape index (κ2) is 7.43. The molecular formula is C14H24N2O. The molecule has 0 fully saturated rings. The van der Waals surface area contributed by atoms with Crippen molar-refractivity contribution in [3.8, 4) is 0 Å². The van der Waals surface area contributed by atoms with Crippen LogP contribution < -0.4 is 11.1 Å². The van der Waals surface area contributed by atoms with Crippen molar-refractivity contribution in [1.82, 2.24) is 5.32 Å². The molecule has 3 nitrogen and oxygen atoms in total. The van der Waals surface area contributed by atoms with Crippen LogP contribution >= 0.6 is 0 Å². The lowest BCUT2D eigenvalue weighted by Gasteiger charge is -2.24. The molecule has 0 aliphatic rings. The minimum atomic E-state index is 0.173. The molecule has 0 aliphatic carbocycles. The van der Waals surface area contributed by atoms with Gasteiger partial charge >= 0.3 is 0 Å². The van der Waals surface area contributed by atoms with E-state index < -0.39 is 0 Å². The third-order valence-electron chi connectivity index (χ3n) is 3.09. The van der Waals surface area contributed by atoms with Crippen molar-refractivity contribution in [2.75, 3.05) is 13.2 Å². The fraction of sp³-hybridized carbons (Fsp3) is 0.571. The molecule has 1 aromatic carbocycles. The Morgan fingerprint density at radius 1 is 1.41 bits per heavy atom. The zero-order valence-corrected chi connectivity index (χ0v) is 10.8. The molecular weight excluding hydrogens is 212 g/mol. The smallest absolute Gasteiger partial charge is 0.0446 e. The standard InChI is InChI=1S/C14H24N2O/c1-3-13(7-8-17)16-14(10-15)12-6-4-5-11(2)9-12/h4-6,9,13-14,16-17H,3,7-8,10,15H2,1-2H3. The molecule has 0 heterocycles. The molecule has 0 bridgehead atoms. The van der Waals surface area contributed by atoms with Crippen LogP contribution in [0.4, 0.5) is 0 Å². The summed E-state index contributed by atoms with van der Waals surface area (Å²) in [6.07, 6.45) is 1.78. The normalized spacial score (nSPS) is 14.6. The zero-order chi connectivity index (χ0) is 12.7. The van der Waals surface area contributed by atoms with E-state index in [0.29, 0.717) is 12.6 Å². The van der Waals surface area contributed by atoms with Gasteiger partial charge in [-0.15, -0.1) is 0 Å². The second-order valence-electron chi connectivity index (χ2n) is 4.49. The van der Waals surface area contributed by atoms with Crippen molar-refractivity contribution in [1.29, 1.82) is 0 Å². The van der Waals surface area contributed by atoms with Gasteiger partial charge in [0.05, 0.1) is 0 Å². The van der Waals surface area contributed by atoms with Crippen molar-refractivity contribution < 1.29 is 5.11 Å².